The Hall–Kier alpha value is -1.07. The van der Waals surface area contributed by atoms with Gasteiger partial charge in [0.1, 0.15) is 10.8 Å². The molecule has 2 heterocycles. The molecule has 0 unspecified atom stereocenters. The lowest BCUT2D eigenvalue weighted by atomic mass is 10.5. The van der Waals surface area contributed by atoms with Gasteiger partial charge >= 0.3 is 0 Å². The Morgan fingerprint density at radius 1 is 1.47 bits per heavy atom. The van der Waals surface area contributed by atoms with Crippen molar-refractivity contribution >= 4 is 28.9 Å². The van der Waals surface area contributed by atoms with Crippen LogP contribution < -0.4 is 5.73 Å². The normalized spacial score (nSPS) is 10.5. The Labute approximate surface area is 96.8 Å². The first-order valence-electron chi connectivity index (χ1n) is 4.49. The molecule has 0 saturated carbocycles. The number of rotatable bonds is 3. The molecule has 0 aliphatic carbocycles. The summed E-state index contributed by atoms with van der Waals surface area (Å²) in [6.45, 7) is 2.01. The molecule has 2 aromatic heterocycles. The number of hydrogen-bond donors (Lipinski definition) is 1. The average Bonchev–Trinajstić information content (AvgIpc) is 2.64. The van der Waals surface area contributed by atoms with Crippen LogP contribution in [0.25, 0.3) is 0 Å². The van der Waals surface area contributed by atoms with Gasteiger partial charge in [-0.3, -0.25) is 0 Å². The van der Waals surface area contributed by atoms with Crippen molar-refractivity contribution in [2.24, 2.45) is 0 Å². The maximum atomic E-state index is 5.51. The van der Waals surface area contributed by atoms with Crippen molar-refractivity contribution in [1.29, 1.82) is 0 Å². The van der Waals surface area contributed by atoms with Crippen LogP contribution in [-0.2, 0) is 5.75 Å². The highest BCUT2D eigenvalue weighted by Crippen LogP contribution is 2.23. The van der Waals surface area contributed by atoms with E-state index in [1.54, 1.807) is 29.3 Å². The second-order valence-corrected chi connectivity index (χ2v) is 5.08. The molecule has 0 radical (unpaired) electrons. The minimum Gasteiger partial charge on any atom is -0.384 e. The van der Waals surface area contributed by atoms with Gasteiger partial charge in [0.15, 0.2) is 0 Å². The van der Waals surface area contributed by atoms with Crippen LogP contribution in [0.3, 0.4) is 0 Å². The highest BCUT2D eigenvalue weighted by molar-refractivity contribution is 7.98. The van der Waals surface area contributed by atoms with Crippen molar-refractivity contribution in [3.63, 3.8) is 0 Å². The molecule has 2 rings (SSSR count). The maximum absolute atomic E-state index is 5.51. The van der Waals surface area contributed by atoms with Crippen molar-refractivity contribution in [2.75, 3.05) is 5.73 Å². The number of anilines is 1. The fraction of sp³-hybridized carbons (Fsp3) is 0.200. The summed E-state index contributed by atoms with van der Waals surface area (Å²) in [7, 11) is 0. The average molecular weight is 237 g/mol. The van der Waals surface area contributed by atoms with E-state index in [-0.39, 0.29) is 0 Å². The number of thiazole rings is 1. The largest absolute Gasteiger partial charge is 0.384 e. The molecule has 0 aliphatic rings. The van der Waals surface area contributed by atoms with Crippen LogP contribution in [0.15, 0.2) is 28.6 Å². The van der Waals surface area contributed by atoms with Crippen LogP contribution in [0, 0.1) is 6.92 Å². The molecular formula is C10H11N3S2. The van der Waals surface area contributed by atoms with Crippen molar-refractivity contribution in [3.8, 4) is 0 Å². The van der Waals surface area contributed by atoms with E-state index >= 15 is 0 Å². The van der Waals surface area contributed by atoms with Crippen molar-refractivity contribution in [2.45, 2.75) is 17.6 Å². The summed E-state index contributed by atoms with van der Waals surface area (Å²) in [6, 6.07) is 3.79. The lowest BCUT2D eigenvalue weighted by Gasteiger charge is -1.98. The molecule has 3 nitrogen and oxygen atoms in total. The Balaban J connectivity index is 1.96. The topological polar surface area (TPSA) is 51.8 Å². The van der Waals surface area contributed by atoms with Gasteiger partial charge < -0.3 is 5.73 Å². The standard InChI is InChI=1S/C10H11N3S2/c1-7-5-15-10(13-7)6-14-8-2-3-9(11)12-4-8/h2-5H,6H2,1H3,(H2,11,12). The molecule has 78 valence electrons. The molecular weight excluding hydrogens is 226 g/mol. The summed E-state index contributed by atoms with van der Waals surface area (Å²) in [4.78, 5) is 9.55. The molecule has 5 heteroatoms. The summed E-state index contributed by atoms with van der Waals surface area (Å²) in [5, 5.41) is 3.21. The van der Waals surface area contributed by atoms with Crippen molar-refractivity contribution in [3.05, 3.63) is 34.4 Å². The lowest BCUT2D eigenvalue weighted by molar-refractivity contribution is 1.18. The van der Waals surface area contributed by atoms with Gasteiger partial charge in [0.2, 0.25) is 0 Å². The van der Waals surface area contributed by atoms with Crippen LogP contribution >= 0.6 is 23.1 Å². The second-order valence-electron chi connectivity index (χ2n) is 3.09. The molecule has 0 fully saturated rings. The lowest BCUT2D eigenvalue weighted by Crippen LogP contribution is -1.88. The molecule has 0 aliphatic heterocycles. The van der Waals surface area contributed by atoms with Gasteiger partial charge in [-0.2, -0.15) is 0 Å². The highest BCUT2D eigenvalue weighted by atomic mass is 32.2. The van der Waals surface area contributed by atoms with E-state index in [0.29, 0.717) is 5.82 Å². The molecule has 0 aromatic carbocycles. The minimum absolute atomic E-state index is 0.560. The fourth-order valence-corrected chi connectivity index (χ4v) is 2.74. The minimum atomic E-state index is 0.560. The smallest absolute Gasteiger partial charge is 0.123 e. The van der Waals surface area contributed by atoms with E-state index in [1.807, 2.05) is 19.1 Å². The van der Waals surface area contributed by atoms with E-state index in [9.17, 15) is 0 Å². The number of nitrogen functional groups attached to an aromatic ring is 1. The number of aryl methyl sites for hydroxylation is 1. The third kappa shape index (κ3) is 2.94. The zero-order chi connectivity index (χ0) is 10.7. The molecule has 2 N–H and O–H groups in total. The van der Waals surface area contributed by atoms with Gasteiger partial charge in [-0.05, 0) is 19.1 Å². The van der Waals surface area contributed by atoms with Gasteiger partial charge in [0, 0.05) is 22.2 Å². The van der Waals surface area contributed by atoms with E-state index in [1.165, 1.54) is 0 Å². The van der Waals surface area contributed by atoms with Gasteiger partial charge in [0.25, 0.3) is 0 Å². The third-order valence-corrected chi connectivity index (χ3v) is 3.93. The molecule has 0 bridgehead atoms. The number of thioether (sulfide) groups is 1. The van der Waals surface area contributed by atoms with Gasteiger partial charge in [-0.25, -0.2) is 9.97 Å². The number of nitrogens with two attached hydrogens (primary N) is 1. The predicted molar refractivity (Wildman–Crippen MR) is 65.1 cm³/mol. The Morgan fingerprint density at radius 2 is 2.33 bits per heavy atom. The molecule has 0 saturated heterocycles. The summed E-state index contributed by atoms with van der Waals surface area (Å²) >= 11 is 3.42. The summed E-state index contributed by atoms with van der Waals surface area (Å²) < 4.78 is 0. The highest BCUT2D eigenvalue weighted by Gasteiger charge is 2.00. The zero-order valence-corrected chi connectivity index (χ0v) is 9.94. The van der Waals surface area contributed by atoms with Crippen LogP contribution in [0.4, 0.5) is 5.82 Å². The molecule has 0 atom stereocenters. The number of nitrogens with zero attached hydrogens (tertiary/aromatic N) is 2. The third-order valence-electron chi connectivity index (χ3n) is 1.79. The predicted octanol–water partition coefficient (Wildman–Crippen LogP) is 2.72. The van der Waals surface area contributed by atoms with Crippen LogP contribution in [0.5, 0.6) is 0 Å². The van der Waals surface area contributed by atoms with Crippen LogP contribution in [-0.4, -0.2) is 9.97 Å². The summed E-state index contributed by atoms with van der Waals surface area (Å²) in [6.07, 6.45) is 1.79. The number of hydrogen-bond acceptors (Lipinski definition) is 5. The zero-order valence-electron chi connectivity index (χ0n) is 8.30. The van der Waals surface area contributed by atoms with Crippen molar-refractivity contribution in [1.82, 2.24) is 9.97 Å². The number of aromatic nitrogens is 2. The monoisotopic (exact) mass is 237 g/mol. The van der Waals surface area contributed by atoms with E-state index in [0.717, 1.165) is 21.3 Å². The second kappa shape index (κ2) is 4.63. The number of pyridine rings is 1. The molecule has 0 amide bonds. The maximum Gasteiger partial charge on any atom is 0.123 e. The van der Waals surface area contributed by atoms with E-state index < -0.39 is 0 Å². The van der Waals surface area contributed by atoms with E-state index in [4.69, 9.17) is 5.73 Å². The Kier molecular flexibility index (Phi) is 3.23. The van der Waals surface area contributed by atoms with Crippen LogP contribution in [0.1, 0.15) is 10.7 Å². The van der Waals surface area contributed by atoms with E-state index in [2.05, 4.69) is 15.3 Å². The Morgan fingerprint density at radius 3 is 2.93 bits per heavy atom. The first-order chi connectivity index (χ1) is 7.24. The fourth-order valence-electron chi connectivity index (χ4n) is 1.09. The SMILES string of the molecule is Cc1csc(CSc2ccc(N)nc2)n1. The molecule has 0 spiro atoms. The Bertz CT molecular complexity index is 436. The quantitative estimate of drug-likeness (QED) is 0.834. The first-order valence-corrected chi connectivity index (χ1v) is 6.36. The van der Waals surface area contributed by atoms with Gasteiger partial charge in [0.05, 0.1) is 5.75 Å². The van der Waals surface area contributed by atoms with Gasteiger partial charge in [-0.15, -0.1) is 23.1 Å². The van der Waals surface area contributed by atoms with Crippen molar-refractivity contribution < 1.29 is 0 Å². The molecule has 2 aromatic rings. The summed E-state index contributed by atoms with van der Waals surface area (Å²) in [5.74, 6) is 1.45. The molecule has 15 heavy (non-hydrogen) atoms. The first kappa shape index (κ1) is 10.4. The van der Waals surface area contributed by atoms with Crippen LogP contribution in [0.2, 0.25) is 0 Å². The van der Waals surface area contributed by atoms with Gasteiger partial charge in [-0.1, -0.05) is 0 Å². The summed E-state index contributed by atoms with van der Waals surface area (Å²) in [5.41, 5.74) is 6.60.